The second-order valence-corrected chi connectivity index (χ2v) is 7.61. The zero-order valence-electron chi connectivity index (χ0n) is 16.0. The van der Waals surface area contributed by atoms with Crippen molar-refractivity contribution in [3.05, 3.63) is 48.8 Å². The number of carbonyl (C=O) groups is 1. The Balaban J connectivity index is 1.23. The van der Waals surface area contributed by atoms with Crippen molar-refractivity contribution in [3.63, 3.8) is 0 Å². The van der Waals surface area contributed by atoms with Crippen LogP contribution in [-0.4, -0.2) is 48.6 Å². The Bertz CT molecular complexity index is 752. The van der Waals surface area contributed by atoms with Gasteiger partial charge in [-0.05, 0) is 74.7 Å². The molecule has 4 rings (SSSR count). The molecule has 3 heterocycles. The molecule has 2 aromatic rings. The van der Waals surface area contributed by atoms with E-state index in [1.165, 1.54) is 6.42 Å². The maximum Gasteiger partial charge on any atom is 0.227 e. The van der Waals surface area contributed by atoms with Crippen molar-refractivity contribution >= 4 is 11.6 Å². The van der Waals surface area contributed by atoms with Gasteiger partial charge in [0.15, 0.2) is 0 Å². The first kappa shape index (κ1) is 18.9. The number of ether oxygens (including phenoxy) is 2. The number of pyridine rings is 1. The lowest BCUT2D eigenvalue weighted by molar-refractivity contribution is -0.121. The standard InChI is InChI=1S/C22H27N3O3/c26-22(18-7-11-25(12-8-18)15-17-9-13-27-16-17)24-19-3-5-20(6-4-19)28-21-2-1-10-23-14-21/h1-6,10,14,17-18H,7-9,11-13,15-16H2,(H,24,26)/t17-/m1/s1. The Morgan fingerprint density at radius 1 is 1.14 bits per heavy atom. The molecule has 2 aliphatic rings. The molecule has 0 unspecified atom stereocenters. The van der Waals surface area contributed by atoms with Gasteiger partial charge < -0.3 is 19.7 Å². The van der Waals surface area contributed by atoms with Gasteiger partial charge in [-0.3, -0.25) is 9.78 Å². The molecule has 0 radical (unpaired) electrons. The molecule has 28 heavy (non-hydrogen) atoms. The van der Waals surface area contributed by atoms with E-state index in [1.807, 2.05) is 36.4 Å². The third-order valence-corrected chi connectivity index (χ3v) is 5.49. The molecule has 1 aromatic heterocycles. The summed E-state index contributed by atoms with van der Waals surface area (Å²) in [6.45, 7) is 4.88. The zero-order chi connectivity index (χ0) is 19.2. The minimum absolute atomic E-state index is 0.0856. The highest BCUT2D eigenvalue weighted by molar-refractivity contribution is 5.92. The summed E-state index contributed by atoms with van der Waals surface area (Å²) in [5.41, 5.74) is 0.800. The lowest BCUT2D eigenvalue weighted by Crippen LogP contribution is -2.40. The van der Waals surface area contributed by atoms with Crippen LogP contribution in [0.5, 0.6) is 11.5 Å². The molecular weight excluding hydrogens is 354 g/mol. The number of rotatable bonds is 6. The molecule has 0 spiro atoms. The minimum atomic E-state index is 0.0856. The normalized spacial score (nSPS) is 20.8. The predicted molar refractivity (Wildman–Crippen MR) is 107 cm³/mol. The van der Waals surface area contributed by atoms with Gasteiger partial charge in [-0.25, -0.2) is 0 Å². The first-order chi connectivity index (χ1) is 13.8. The van der Waals surface area contributed by atoms with E-state index < -0.39 is 0 Å². The maximum atomic E-state index is 12.6. The lowest BCUT2D eigenvalue weighted by Gasteiger charge is -2.32. The van der Waals surface area contributed by atoms with E-state index >= 15 is 0 Å². The summed E-state index contributed by atoms with van der Waals surface area (Å²) in [6, 6.07) is 11.1. The third-order valence-electron chi connectivity index (χ3n) is 5.49. The van der Waals surface area contributed by atoms with E-state index in [2.05, 4.69) is 15.2 Å². The number of aromatic nitrogens is 1. The predicted octanol–water partition coefficient (Wildman–Crippen LogP) is 3.56. The number of likely N-dealkylation sites (tertiary alicyclic amines) is 1. The second kappa shape index (κ2) is 9.17. The molecule has 2 saturated heterocycles. The van der Waals surface area contributed by atoms with Crippen molar-refractivity contribution in [2.75, 3.05) is 38.2 Å². The topological polar surface area (TPSA) is 63.7 Å². The Labute approximate surface area is 165 Å². The van der Waals surface area contributed by atoms with Crippen LogP contribution in [0.3, 0.4) is 0 Å². The first-order valence-corrected chi connectivity index (χ1v) is 10.1. The van der Waals surface area contributed by atoms with E-state index in [0.717, 1.165) is 57.1 Å². The molecular formula is C22H27N3O3. The summed E-state index contributed by atoms with van der Waals surface area (Å²) in [7, 11) is 0. The number of nitrogens with one attached hydrogen (secondary N) is 1. The van der Waals surface area contributed by atoms with Crippen LogP contribution < -0.4 is 10.1 Å². The van der Waals surface area contributed by atoms with Crippen LogP contribution in [-0.2, 0) is 9.53 Å². The summed E-state index contributed by atoms with van der Waals surface area (Å²) >= 11 is 0. The van der Waals surface area contributed by atoms with Crippen LogP contribution >= 0.6 is 0 Å². The molecule has 2 aliphatic heterocycles. The average Bonchev–Trinajstić information content (AvgIpc) is 3.24. The van der Waals surface area contributed by atoms with E-state index in [4.69, 9.17) is 9.47 Å². The number of amides is 1. The Kier molecular flexibility index (Phi) is 6.19. The molecule has 6 nitrogen and oxygen atoms in total. The van der Waals surface area contributed by atoms with E-state index in [0.29, 0.717) is 11.7 Å². The fraction of sp³-hybridized carbons (Fsp3) is 0.455. The molecule has 148 valence electrons. The summed E-state index contributed by atoms with van der Waals surface area (Å²) in [4.78, 5) is 19.1. The average molecular weight is 381 g/mol. The Morgan fingerprint density at radius 2 is 1.96 bits per heavy atom. The number of piperidine rings is 1. The molecule has 1 amide bonds. The molecule has 0 aliphatic carbocycles. The van der Waals surface area contributed by atoms with Gasteiger partial charge in [0.05, 0.1) is 12.8 Å². The monoisotopic (exact) mass is 381 g/mol. The highest BCUT2D eigenvalue weighted by Gasteiger charge is 2.27. The van der Waals surface area contributed by atoms with Gasteiger partial charge in [0.25, 0.3) is 0 Å². The van der Waals surface area contributed by atoms with E-state index in [1.54, 1.807) is 12.4 Å². The molecule has 1 aromatic carbocycles. The van der Waals surface area contributed by atoms with Gasteiger partial charge in [-0.15, -0.1) is 0 Å². The van der Waals surface area contributed by atoms with Crippen LogP contribution in [0.4, 0.5) is 5.69 Å². The first-order valence-electron chi connectivity index (χ1n) is 10.1. The SMILES string of the molecule is O=C(Nc1ccc(Oc2cccnc2)cc1)C1CCN(C[C@H]2CCOC2)CC1. The van der Waals surface area contributed by atoms with Crippen molar-refractivity contribution in [1.29, 1.82) is 0 Å². The lowest BCUT2D eigenvalue weighted by atomic mass is 9.95. The van der Waals surface area contributed by atoms with Crippen LogP contribution in [0, 0.1) is 11.8 Å². The zero-order valence-corrected chi connectivity index (χ0v) is 16.0. The molecule has 1 atom stereocenters. The van der Waals surface area contributed by atoms with Crippen LogP contribution in [0.2, 0.25) is 0 Å². The van der Waals surface area contributed by atoms with Crippen LogP contribution in [0.25, 0.3) is 0 Å². The summed E-state index contributed by atoms with van der Waals surface area (Å²) in [5, 5.41) is 3.05. The number of hydrogen-bond donors (Lipinski definition) is 1. The van der Waals surface area contributed by atoms with Gasteiger partial charge in [0, 0.05) is 31.0 Å². The van der Waals surface area contributed by atoms with Crippen molar-refractivity contribution < 1.29 is 14.3 Å². The van der Waals surface area contributed by atoms with Crippen molar-refractivity contribution in [2.24, 2.45) is 11.8 Å². The smallest absolute Gasteiger partial charge is 0.227 e. The van der Waals surface area contributed by atoms with Crippen molar-refractivity contribution in [1.82, 2.24) is 9.88 Å². The highest BCUT2D eigenvalue weighted by Crippen LogP contribution is 2.24. The number of nitrogens with zero attached hydrogens (tertiary/aromatic N) is 2. The molecule has 6 heteroatoms. The Hall–Kier alpha value is -2.44. The summed E-state index contributed by atoms with van der Waals surface area (Å²) in [5.74, 6) is 2.27. The molecule has 0 saturated carbocycles. The quantitative estimate of drug-likeness (QED) is 0.829. The second-order valence-electron chi connectivity index (χ2n) is 7.61. The number of hydrogen-bond acceptors (Lipinski definition) is 5. The fourth-order valence-corrected chi connectivity index (χ4v) is 3.86. The third kappa shape index (κ3) is 5.09. The largest absolute Gasteiger partial charge is 0.456 e. The van der Waals surface area contributed by atoms with E-state index in [9.17, 15) is 4.79 Å². The molecule has 0 bridgehead atoms. The maximum absolute atomic E-state index is 12.6. The summed E-state index contributed by atoms with van der Waals surface area (Å²) in [6.07, 6.45) is 6.38. The Morgan fingerprint density at radius 3 is 2.64 bits per heavy atom. The van der Waals surface area contributed by atoms with Gasteiger partial charge in [0.1, 0.15) is 11.5 Å². The van der Waals surface area contributed by atoms with Crippen molar-refractivity contribution in [3.8, 4) is 11.5 Å². The van der Waals surface area contributed by atoms with Crippen molar-refractivity contribution in [2.45, 2.75) is 19.3 Å². The number of carbonyl (C=O) groups excluding carboxylic acids is 1. The highest BCUT2D eigenvalue weighted by atomic mass is 16.5. The van der Waals surface area contributed by atoms with Crippen LogP contribution in [0.1, 0.15) is 19.3 Å². The van der Waals surface area contributed by atoms with Gasteiger partial charge in [0.2, 0.25) is 5.91 Å². The molecule has 1 N–H and O–H groups in total. The fourth-order valence-electron chi connectivity index (χ4n) is 3.86. The van der Waals surface area contributed by atoms with E-state index in [-0.39, 0.29) is 11.8 Å². The van der Waals surface area contributed by atoms with Gasteiger partial charge in [-0.2, -0.15) is 0 Å². The number of benzene rings is 1. The summed E-state index contributed by atoms with van der Waals surface area (Å²) < 4.78 is 11.2. The van der Waals surface area contributed by atoms with Crippen LogP contribution in [0.15, 0.2) is 48.8 Å². The number of anilines is 1. The van der Waals surface area contributed by atoms with Gasteiger partial charge >= 0.3 is 0 Å². The van der Waals surface area contributed by atoms with Gasteiger partial charge in [-0.1, -0.05) is 0 Å². The minimum Gasteiger partial charge on any atom is -0.456 e. The molecule has 2 fully saturated rings.